The van der Waals surface area contributed by atoms with Crippen molar-refractivity contribution in [3.05, 3.63) is 70.2 Å². The number of thiazole rings is 1. The normalized spacial score (nSPS) is 11.0. The molecule has 0 saturated carbocycles. The van der Waals surface area contributed by atoms with E-state index in [0.29, 0.717) is 17.1 Å². The summed E-state index contributed by atoms with van der Waals surface area (Å²) < 4.78 is 48.7. The molecule has 0 atom stereocenters. The van der Waals surface area contributed by atoms with Crippen LogP contribution in [0.2, 0.25) is 0 Å². The van der Waals surface area contributed by atoms with Gasteiger partial charge in [-0.05, 0) is 29.8 Å². The molecule has 0 aliphatic rings. The Kier molecular flexibility index (Phi) is 6.98. The summed E-state index contributed by atoms with van der Waals surface area (Å²) in [5.41, 5.74) is -0.201. The summed E-state index contributed by atoms with van der Waals surface area (Å²) >= 11 is 1.03. The number of aromatic nitrogens is 1. The Morgan fingerprint density at radius 2 is 1.72 bits per heavy atom. The Hall–Kier alpha value is -3.60. The molecule has 0 saturated heterocycles. The van der Waals surface area contributed by atoms with E-state index >= 15 is 0 Å². The van der Waals surface area contributed by atoms with Crippen LogP contribution in [0.3, 0.4) is 0 Å². The molecule has 1 heterocycles. The summed E-state index contributed by atoms with van der Waals surface area (Å²) in [6, 6.07) is 9.34. The minimum atomic E-state index is -4.46. The summed E-state index contributed by atoms with van der Waals surface area (Å²) in [5.74, 6) is -0.193. The van der Waals surface area contributed by atoms with Crippen molar-refractivity contribution in [1.29, 1.82) is 0 Å². The van der Waals surface area contributed by atoms with Gasteiger partial charge in [-0.25, -0.2) is 4.98 Å². The lowest BCUT2D eigenvalue weighted by molar-refractivity contribution is -0.137. The first-order valence-electron chi connectivity index (χ1n) is 9.14. The summed E-state index contributed by atoms with van der Waals surface area (Å²) in [6.45, 7) is -0.106. The number of anilines is 1. The Morgan fingerprint density at radius 1 is 1.03 bits per heavy atom. The minimum Gasteiger partial charge on any atom is -0.497 e. The molecule has 2 amide bonds. The average Bonchev–Trinajstić information content (AvgIpc) is 3.25. The number of carbonyl (C=O) groups is 2. The second-order valence-corrected chi connectivity index (χ2v) is 7.33. The largest absolute Gasteiger partial charge is 0.497 e. The molecule has 32 heavy (non-hydrogen) atoms. The maximum absolute atomic E-state index is 12.8. The van der Waals surface area contributed by atoms with Gasteiger partial charge in [-0.3, -0.25) is 14.9 Å². The molecule has 0 unspecified atom stereocenters. The predicted octanol–water partition coefficient (Wildman–Crippen LogP) is 4.36. The minimum absolute atomic E-state index is 0.0282. The lowest BCUT2D eigenvalue weighted by Gasteiger charge is -2.09. The number of methoxy groups -OCH3 is 2. The van der Waals surface area contributed by atoms with Gasteiger partial charge in [-0.1, -0.05) is 12.1 Å². The maximum Gasteiger partial charge on any atom is 0.416 e. The fraction of sp³-hybridized carbons (Fsp3) is 0.190. The number of hydrogen-bond donors (Lipinski definition) is 2. The molecule has 0 fully saturated rings. The van der Waals surface area contributed by atoms with E-state index in [2.05, 4.69) is 15.6 Å². The van der Waals surface area contributed by atoms with E-state index in [1.165, 1.54) is 43.9 Å². The second kappa shape index (κ2) is 9.69. The Morgan fingerprint density at radius 3 is 2.34 bits per heavy atom. The number of carbonyl (C=O) groups excluding carboxylic acids is 2. The monoisotopic (exact) mass is 465 g/mol. The molecule has 1 aromatic heterocycles. The molecule has 3 aromatic rings. The highest BCUT2D eigenvalue weighted by atomic mass is 32.1. The standard InChI is InChI=1S/C21H18F3N3O4S/c1-30-15-7-13(8-16(9-15)31-2)18(28)27-20-26-17(11-32-20)19(29)25-10-12-4-3-5-14(6-12)21(22,23)24/h3-9,11H,10H2,1-2H3,(H,25,29)(H,26,27,28). The molecular formula is C21H18F3N3O4S. The summed E-state index contributed by atoms with van der Waals surface area (Å²) in [5, 5.41) is 6.72. The number of rotatable bonds is 7. The van der Waals surface area contributed by atoms with E-state index in [1.54, 1.807) is 6.07 Å². The third kappa shape index (κ3) is 5.76. The Bertz CT molecular complexity index is 1110. The van der Waals surface area contributed by atoms with Crippen LogP contribution < -0.4 is 20.1 Å². The van der Waals surface area contributed by atoms with E-state index < -0.39 is 23.6 Å². The fourth-order valence-electron chi connectivity index (χ4n) is 2.67. The van der Waals surface area contributed by atoms with E-state index in [9.17, 15) is 22.8 Å². The smallest absolute Gasteiger partial charge is 0.416 e. The number of nitrogens with zero attached hydrogens (tertiary/aromatic N) is 1. The van der Waals surface area contributed by atoms with Gasteiger partial charge in [0.05, 0.1) is 19.8 Å². The van der Waals surface area contributed by atoms with Crippen LogP contribution in [-0.2, 0) is 12.7 Å². The van der Waals surface area contributed by atoms with Crippen molar-refractivity contribution in [2.24, 2.45) is 0 Å². The van der Waals surface area contributed by atoms with Crippen molar-refractivity contribution >= 4 is 28.3 Å². The van der Waals surface area contributed by atoms with Crippen LogP contribution in [0.1, 0.15) is 32.0 Å². The van der Waals surface area contributed by atoms with Gasteiger partial charge >= 0.3 is 6.18 Å². The van der Waals surface area contributed by atoms with Gasteiger partial charge < -0.3 is 14.8 Å². The maximum atomic E-state index is 12.8. The summed E-state index contributed by atoms with van der Waals surface area (Å²) in [4.78, 5) is 28.9. The molecular weight excluding hydrogens is 447 g/mol. The topological polar surface area (TPSA) is 89.6 Å². The highest BCUT2D eigenvalue weighted by Crippen LogP contribution is 2.29. The van der Waals surface area contributed by atoms with E-state index in [1.807, 2.05) is 0 Å². The molecule has 11 heteroatoms. The first-order chi connectivity index (χ1) is 15.2. The lowest BCUT2D eigenvalue weighted by atomic mass is 10.1. The second-order valence-electron chi connectivity index (χ2n) is 6.47. The molecule has 0 bridgehead atoms. The van der Waals surface area contributed by atoms with Gasteiger partial charge in [0.15, 0.2) is 5.13 Å². The van der Waals surface area contributed by atoms with Crippen LogP contribution in [-0.4, -0.2) is 31.0 Å². The van der Waals surface area contributed by atoms with Crippen molar-refractivity contribution in [2.75, 3.05) is 19.5 Å². The van der Waals surface area contributed by atoms with Crippen LogP contribution in [0.15, 0.2) is 47.8 Å². The average molecular weight is 465 g/mol. The van der Waals surface area contributed by atoms with Crippen LogP contribution in [0.25, 0.3) is 0 Å². The zero-order valence-corrected chi connectivity index (χ0v) is 17.8. The van der Waals surface area contributed by atoms with Gasteiger partial charge in [-0.2, -0.15) is 13.2 Å². The molecule has 0 radical (unpaired) electrons. The van der Waals surface area contributed by atoms with Crippen LogP contribution in [0, 0.1) is 0 Å². The van der Waals surface area contributed by atoms with Crippen molar-refractivity contribution in [1.82, 2.24) is 10.3 Å². The van der Waals surface area contributed by atoms with Crippen molar-refractivity contribution in [3.8, 4) is 11.5 Å². The number of ether oxygens (including phenoxy) is 2. The zero-order valence-electron chi connectivity index (χ0n) is 16.9. The highest BCUT2D eigenvalue weighted by molar-refractivity contribution is 7.14. The number of halogens is 3. The van der Waals surface area contributed by atoms with E-state index in [0.717, 1.165) is 23.5 Å². The van der Waals surface area contributed by atoms with Crippen molar-refractivity contribution in [3.63, 3.8) is 0 Å². The first-order valence-corrected chi connectivity index (χ1v) is 10.0. The molecule has 2 N–H and O–H groups in total. The van der Waals surface area contributed by atoms with Gasteiger partial charge in [0.1, 0.15) is 17.2 Å². The van der Waals surface area contributed by atoms with Crippen LogP contribution >= 0.6 is 11.3 Å². The fourth-order valence-corrected chi connectivity index (χ4v) is 3.36. The zero-order chi connectivity index (χ0) is 23.3. The molecule has 0 aliphatic heterocycles. The lowest BCUT2D eigenvalue weighted by Crippen LogP contribution is -2.23. The van der Waals surface area contributed by atoms with Gasteiger partial charge in [0.25, 0.3) is 11.8 Å². The third-order valence-electron chi connectivity index (χ3n) is 4.28. The Balaban J connectivity index is 1.63. The SMILES string of the molecule is COc1cc(OC)cc(C(=O)Nc2nc(C(=O)NCc3cccc(C(F)(F)F)c3)cs2)c1. The number of amides is 2. The summed E-state index contributed by atoms with van der Waals surface area (Å²) in [7, 11) is 2.92. The van der Waals surface area contributed by atoms with Gasteiger partial charge in [-0.15, -0.1) is 11.3 Å². The Labute approximate surface area is 185 Å². The molecule has 0 aliphatic carbocycles. The van der Waals surface area contributed by atoms with Crippen LogP contribution in [0.4, 0.5) is 18.3 Å². The van der Waals surface area contributed by atoms with Crippen LogP contribution in [0.5, 0.6) is 11.5 Å². The number of alkyl halides is 3. The van der Waals surface area contributed by atoms with Crippen molar-refractivity contribution < 1.29 is 32.2 Å². The third-order valence-corrected chi connectivity index (χ3v) is 5.04. The predicted molar refractivity (Wildman–Crippen MR) is 112 cm³/mol. The number of benzene rings is 2. The van der Waals surface area contributed by atoms with E-state index in [-0.39, 0.29) is 22.9 Å². The first kappa shape index (κ1) is 23.1. The molecule has 2 aromatic carbocycles. The van der Waals surface area contributed by atoms with Gasteiger partial charge in [0, 0.05) is 23.6 Å². The molecule has 3 rings (SSSR count). The quantitative estimate of drug-likeness (QED) is 0.541. The van der Waals surface area contributed by atoms with Gasteiger partial charge in [0.2, 0.25) is 0 Å². The van der Waals surface area contributed by atoms with E-state index in [4.69, 9.17) is 9.47 Å². The number of nitrogens with one attached hydrogen (secondary N) is 2. The number of hydrogen-bond acceptors (Lipinski definition) is 6. The summed E-state index contributed by atoms with van der Waals surface area (Å²) in [6.07, 6.45) is -4.46. The molecule has 0 spiro atoms. The van der Waals surface area contributed by atoms with Crippen molar-refractivity contribution in [2.45, 2.75) is 12.7 Å². The molecule has 168 valence electrons. The highest BCUT2D eigenvalue weighted by Gasteiger charge is 2.30. The molecule has 7 nitrogen and oxygen atoms in total.